The number of anilines is 2. The van der Waals surface area contributed by atoms with Crippen LogP contribution in [-0.4, -0.2) is 35.0 Å². The molecule has 0 fully saturated rings. The van der Waals surface area contributed by atoms with Gasteiger partial charge in [0.15, 0.2) is 0 Å². The number of aliphatic carboxylic acids is 1. The molecule has 0 bridgehead atoms. The van der Waals surface area contributed by atoms with Gasteiger partial charge < -0.3 is 26.8 Å². The fourth-order valence-corrected chi connectivity index (χ4v) is 3.45. The first-order valence-electron chi connectivity index (χ1n) is 10.1. The lowest BCUT2D eigenvalue weighted by atomic mass is 10.0. The van der Waals surface area contributed by atoms with Crippen LogP contribution in [0.1, 0.15) is 27.9 Å². The van der Waals surface area contributed by atoms with Crippen LogP contribution in [0.5, 0.6) is 0 Å². The van der Waals surface area contributed by atoms with Crippen LogP contribution in [0.25, 0.3) is 10.8 Å². The third kappa shape index (κ3) is 5.65. The summed E-state index contributed by atoms with van der Waals surface area (Å²) in [5.41, 5.74) is 7.71. The van der Waals surface area contributed by atoms with Crippen molar-refractivity contribution in [3.63, 3.8) is 0 Å². The number of urea groups is 1. The minimum atomic E-state index is -1.50. The molecule has 4 amide bonds. The van der Waals surface area contributed by atoms with Gasteiger partial charge in [0, 0.05) is 5.69 Å². The predicted molar refractivity (Wildman–Crippen MR) is 125 cm³/mol. The van der Waals surface area contributed by atoms with Crippen LogP contribution in [0.3, 0.4) is 0 Å². The van der Waals surface area contributed by atoms with Gasteiger partial charge >= 0.3 is 12.0 Å². The first kappa shape index (κ1) is 23.3. The molecule has 33 heavy (non-hydrogen) atoms. The van der Waals surface area contributed by atoms with Gasteiger partial charge in [0.25, 0.3) is 5.91 Å². The maximum absolute atomic E-state index is 13.0. The van der Waals surface area contributed by atoms with Gasteiger partial charge in [-0.15, -0.1) is 0 Å². The summed E-state index contributed by atoms with van der Waals surface area (Å²) in [4.78, 5) is 48.4. The molecule has 9 heteroatoms. The Morgan fingerprint density at radius 2 is 1.52 bits per heavy atom. The van der Waals surface area contributed by atoms with Gasteiger partial charge in [-0.25, -0.2) is 9.59 Å². The van der Waals surface area contributed by atoms with E-state index in [-0.39, 0.29) is 11.3 Å². The number of para-hydroxylation sites is 1. The van der Waals surface area contributed by atoms with Gasteiger partial charge in [-0.2, -0.15) is 0 Å². The van der Waals surface area contributed by atoms with E-state index in [9.17, 15) is 24.3 Å². The van der Waals surface area contributed by atoms with E-state index in [2.05, 4.69) is 16.0 Å². The van der Waals surface area contributed by atoms with Gasteiger partial charge in [-0.3, -0.25) is 9.59 Å². The summed E-state index contributed by atoms with van der Waals surface area (Å²) < 4.78 is 0. The van der Waals surface area contributed by atoms with Crippen molar-refractivity contribution in [3.8, 4) is 0 Å². The second kappa shape index (κ2) is 9.82. The average molecular weight is 448 g/mol. The molecule has 3 aromatic carbocycles. The van der Waals surface area contributed by atoms with Crippen molar-refractivity contribution in [2.24, 2.45) is 5.73 Å². The number of amides is 4. The van der Waals surface area contributed by atoms with Crippen molar-refractivity contribution in [2.75, 3.05) is 10.6 Å². The Morgan fingerprint density at radius 3 is 2.09 bits per heavy atom. The molecular formula is C24H24N4O5. The van der Waals surface area contributed by atoms with Crippen LogP contribution < -0.4 is 21.7 Å². The van der Waals surface area contributed by atoms with Crippen molar-refractivity contribution < 1.29 is 24.3 Å². The van der Waals surface area contributed by atoms with Crippen LogP contribution in [0.15, 0.2) is 54.6 Å². The summed E-state index contributed by atoms with van der Waals surface area (Å²) in [6, 6.07) is 13.9. The topological polar surface area (TPSA) is 151 Å². The summed E-state index contributed by atoms with van der Waals surface area (Å²) in [6.45, 7) is 3.73. The normalized spacial score (nSPS) is 11.5. The van der Waals surface area contributed by atoms with Gasteiger partial charge in [0.2, 0.25) is 5.91 Å². The van der Waals surface area contributed by atoms with Crippen molar-refractivity contribution in [3.05, 3.63) is 71.3 Å². The SMILES string of the molecule is Cc1cccc(C)c1NC(=O)Nc1cc2ccccc2cc1C(=O)N[C@@H](CC(N)=O)C(=O)O. The lowest BCUT2D eigenvalue weighted by molar-refractivity contribution is -0.140. The highest BCUT2D eigenvalue weighted by atomic mass is 16.4. The van der Waals surface area contributed by atoms with Crippen LogP contribution in [0.2, 0.25) is 0 Å². The maximum atomic E-state index is 13.0. The zero-order valence-electron chi connectivity index (χ0n) is 18.1. The fourth-order valence-electron chi connectivity index (χ4n) is 3.45. The molecule has 0 aromatic heterocycles. The van der Waals surface area contributed by atoms with E-state index in [1.165, 1.54) is 0 Å². The molecule has 0 aliphatic heterocycles. The number of carboxylic acid groups (broad SMARTS) is 1. The van der Waals surface area contributed by atoms with E-state index in [0.717, 1.165) is 16.5 Å². The molecule has 1 atom stereocenters. The molecule has 0 unspecified atom stereocenters. The Kier molecular flexibility index (Phi) is 6.92. The van der Waals surface area contributed by atoms with E-state index >= 15 is 0 Å². The molecule has 0 radical (unpaired) electrons. The van der Waals surface area contributed by atoms with E-state index < -0.39 is 36.3 Å². The minimum absolute atomic E-state index is 0.0427. The zero-order chi connectivity index (χ0) is 24.1. The van der Waals surface area contributed by atoms with Crippen molar-refractivity contribution >= 4 is 46.0 Å². The Bertz CT molecular complexity index is 1230. The minimum Gasteiger partial charge on any atom is -0.480 e. The highest BCUT2D eigenvalue weighted by Crippen LogP contribution is 2.26. The predicted octanol–water partition coefficient (Wildman–Crippen LogP) is 3.16. The standard InChI is InChI=1S/C24H24N4O5/c1-13-6-5-7-14(2)21(13)28-24(33)27-18-11-16-9-4-3-8-15(16)10-17(18)22(30)26-19(23(31)32)12-20(25)29/h3-11,19H,12H2,1-2H3,(H2,25,29)(H,26,30)(H,31,32)(H2,27,28,33)/t19-/m0/s1. The Balaban J connectivity index is 1.94. The number of benzene rings is 3. The molecule has 0 aliphatic rings. The van der Waals surface area contributed by atoms with Crippen LogP contribution in [0.4, 0.5) is 16.2 Å². The molecule has 0 aliphatic carbocycles. The molecule has 3 aromatic rings. The average Bonchev–Trinajstić information content (AvgIpc) is 2.75. The summed E-state index contributed by atoms with van der Waals surface area (Å²) in [5.74, 6) is -3.03. The maximum Gasteiger partial charge on any atom is 0.326 e. The number of hydrogen-bond donors (Lipinski definition) is 5. The summed E-state index contributed by atoms with van der Waals surface area (Å²) in [6.07, 6.45) is -0.565. The third-order valence-corrected chi connectivity index (χ3v) is 5.11. The largest absolute Gasteiger partial charge is 0.480 e. The zero-order valence-corrected chi connectivity index (χ0v) is 18.1. The molecule has 0 heterocycles. The number of carbonyl (C=O) groups is 4. The molecule has 9 nitrogen and oxygen atoms in total. The van der Waals surface area contributed by atoms with Crippen LogP contribution in [-0.2, 0) is 9.59 Å². The number of carbonyl (C=O) groups excluding carboxylic acids is 3. The highest BCUT2D eigenvalue weighted by Gasteiger charge is 2.24. The first-order chi connectivity index (χ1) is 15.7. The third-order valence-electron chi connectivity index (χ3n) is 5.11. The molecule has 170 valence electrons. The first-order valence-corrected chi connectivity index (χ1v) is 10.1. The van der Waals surface area contributed by atoms with Crippen LogP contribution >= 0.6 is 0 Å². The lowest BCUT2D eigenvalue weighted by Crippen LogP contribution is -2.43. The summed E-state index contributed by atoms with van der Waals surface area (Å²) in [5, 5.41) is 18.6. The number of carboxylic acids is 1. The summed E-state index contributed by atoms with van der Waals surface area (Å²) in [7, 11) is 0. The second-order valence-electron chi connectivity index (χ2n) is 7.63. The Morgan fingerprint density at radius 1 is 0.909 bits per heavy atom. The van der Waals surface area contributed by atoms with E-state index in [4.69, 9.17) is 5.73 Å². The van der Waals surface area contributed by atoms with Crippen molar-refractivity contribution in [1.82, 2.24) is 5.32 Å². The van der Waals surface area contributed by atoms with E-state index in [0.29, 0.717) is 11.1 Å². The van der Waals surface area contributed by atoms with Crippen molar-refractivity contribution in [2.45, 2.75) is 26.3 Å². The van der Waals surface area contributed by atoms with Crippen molar-refractivity contribution in [1.29, 1.82) is 0 Å². The number of aryl methyl sites for hydroxylation is 2. The summed E-state index contributed by atoms with van der Waals surface area (Å²) >= 11 is 0. The highest BCUT2D eigenvalue weighted by molar-refractivity contribution is 6.10. The monoisotopic (exact) mass is 448 g/mol. The van der Waals surface area contributed by atoms with Gasteiger partial charge in [-0.1, -0.05) is 42.5 Å². The second-order valence-corrected chi connectivity index (χ2v) is 7.63. The van der Waals surface area contributed by atoms with Crippen LogP contribution in [0, 0.1) is 13.8 Å². The molecule has 0 spiro atoms. The number of rotatable bonds is 7. The van der Waals surface area contributed by atoms with Gasteiger partial charge in [0.1, 0.15) is 6.04 Å². The van der Waals surface area contributed by atoms with Gasteiger partial charge in [-0.05, 0) is 47.9 Å². The smallest absolute Gasteiger partial charge is 0.326 e. The molecule has 0 saturated heterocycles. The molecule has 0 saturated carbocycles. The molecule has 6 N–H and O–H groups in total. The Hall–Kier alpha value is -4.40. The number of nitrogens with two attached hydrogens (primary N) is 1. The lowest BCUT2D eigenvalue weighted by Gasteiger charge is -2.17. The number of nitrogens with one attached hydrogen (secondary N) is 3. The fraction of sp³-hybridized carbons (Fsp3) is 0.167. The number of fused-ring (bicyclic) bond motifs is 1. The number of primary amides is 1. The molecule has 3 rings (SSSR count). The van der Waals surface area contributed by atoms with Gasteiger partial charge in [0.05, 0.1) is 17.7 Å². The quantitative estimate of drug-likeness (QED) is 0.376. The number of hydrogen-bond acceptors (Lipinski definition) is 4. The van der Waals surface area contributed by atoms with E-state index in [1.807, 2.05) is 44.2 Å². The van der Waals surface area contributed by atoms with E-state index in [1.54, 1.807) is 24.3 Å². The Labute approximate surface area is 190 Å². The molecular weight excluding hydrogens is 424 g/mol.